The smallest absolute Gasteiger partial charge is 0.256 e. The van der Waals surface area contributed by atoms with Crippen LogP contribution >= 0.6 is 0 Å². The van der Waals surface area contributed by atoms with Crippen LogP contribution in [-0.4, -0.2) is 14.8 Å². The van der Waals surface area contributed by atoms with Crippen molar-refractivity contribution in [1.82, 2.24) is 4.72 Å². The highest BCUT2D eigenvalue weighted by Gasteiger charge is 1.99. The summed E-state index contributed by atoms with van der Waals surface area (Å²) >= 11 is 0. The Labute approximate surface area is 72.7 Å². The van der Waals surface area contributed by atoms with Gasteiger partial charge in [-0.15, -0.1) is 0 Å². The minimum atomic E-state index is -3.51. The summed E-state index contributed by atoms with van der Waals surface area (Å²) in [5.74, 6) is 0. The molecular formula is C7H13NO3S. The summed E-state index contributed by atoms with van der Waals surface area (Å²) in [4.78, 5) is 9.79. The molecule has 0 aliphatic rings. The molecule has 0 saturated heterocycles. The third kappa shape index (κ3) is 5.91. The molecule has 0 bridgehead atoms. The predicted molar refractivity (Wildman–Crippen MR) is 46.8 cm³/mol. The van der Waals surface area contributed by atoms with Crippen molar-refractivity contribution in [2.75, 3.05) is 0 Å². The molecule has 0 aromatic rings. The van der Waals surface area contributed by atoms with Gasteiger partial charge in [-0.05, 0) is 6.42 Å². The summed E-state index contributed by atoms with van der Waals surface area (Å²) in [6.07, 6.45) is 4.38. The SMILES string of the molecule is CCCCC=CS(=O)(=O)NC=O. The van der Waals surface area contributed by atoms with Gasteiger partial charge in [-0.25, -0.2) is 8.42 Å². The van der Waals surface area contributed by atoms with Gasteiger partial charge in [0.2, 0.25) is 6.41 Å². The molecule has 0 aliphatic heterocycles. The van der Waals surface area contributed by atoms with Gasteiger partial charge in [0.1, 0.15) is 0 Å². The fourth-order valence-electron chi connectivity index (χ4n) is 0.623. The number of sulfonamides is 1. The van der Waals surface area contributed by atoms with Crippen molar-refractivity contribution in [3.63, 3.8) is 0 Å². The largest absolute Gasteiger partial charge is 0.278 e. The van der Waals surface area contributed by atoms with E-state index >= 15 is 0 Å². The van der Waals surface area contributed by atoms with Crippen LogP contribution in [-0.2, 0) is 14.8 Å². The molecule has 0 spiro atoms. The Hall–Kier alpha value is -0.840. The number of rotatable bonds is 6. The fourth-order valence-corrected chi connectivity index (χ4v) is 1.23. The first-order valence-corrected chi connectivity index (χ1v) is 5.29. The quantitative estimate of drug-likeness (QED) is 0.498. The van der Waals surface area contributed by atoms with Crippen LogP contribution in [0.5, 0.6) is 0 Å². The van der Waals surface area contributed by atoms with Crippen LogP contribution in [0.3, 0.4) is 0 Å². The Morgan fingerprint density at radius 1 is 1.42 bits per heavy atom. The predicted octanol–water partition coefficient (Wildman–Crippen LogP) is 0.766. The van der Waals surface area contributed by atoms with Gasteiger partial charge >= 0.3 is 0 Å². The Kier molecular flexibility index (Phi) is 5.36. The van der Waals surface area contributed by atoms with Gasteiger partial charge in [0.25, 0.3) is 10.0 Å². The zero-order chi connectivity index (χ0) is 9.45. The van der Waals surface area contributed by atoms with E-state index in [1.807, 2.05) is 6.92 Å². The normalized spacial score (nSPS) is 11.8. The average molecular weight is 191 g/mol. The van der Waals surface area contributed by atoms with E-state index in [1.165, 1.54) is 6.08 Å². The maximum Gasteiger partial charge on any atom is 0.256 e. The van der Waals surface area contributed by atoms with Crippen molar-refractivity contribution in [2.45, 2.75) is 26.2 Å². The third-order valence-electron chi connectivity index (χ3n) is 1.21. The Balaban J connectivity index is 3.88. The van der Waals surface area contributed by atoms with E-state index < -0.39 is 10.0 Å². The molecule has 0 saturated carbocycles. The molecular weight excluding hydrogens is 178 g/mol. The van der Waals surface area contributed by atoms with Gasteiger partial charge in [-0.3, -0.25) is 9.52 Å². The molecule has 0 atom stereocenters. The van der Waals surface area contributed by atoms with Gasteiger partial charge in [-0.1, -0.05) is 25.8 Å². The Morgan fingerprint density at radius 3 is 2.58 bits per heavy atom. The molecule has 1 N–H and O–H groups in total. The second-order valence-corrected chi connectivity index (χ2v) is 3.89. The molecule has 0 aliphatic carbocycles. The van der Waals surface area contributed by atoms with Gasteiger partial charge in [0, 0.05) is 5.41 Å². The highest BCUT2D eigenvalue weighted by atomic mass is 32.2. The van der Waals surface area contributed by atoms with Crippen molar-refractivity contribution in [2.24, 2.45) is 0 Å². The minimum Gasteiger partial charge on any atom is -0.278 e. The highest BCUT2D eigenvalue weighted by molar-refractivity contribution is 7.92. The lowest BCUT2D eigenvalue weighted by molar-refractivity contribution is -0.108. The van der Waals surface area contributed by atoms with E-state index in [4.69, 9.17) is 0 Å². The lowest BCUT2D eigenvalue weighted by Crippen LogP contribution is -2.18. The lowest BCUT2D eigenvalue weighted by Gasteiger charge is -1.92. The molecule has 70 valence electrons. The van der Waals surface area contributed by atoms with Crippen molar-refractivity contribution in [3.05, 3.63) is 11.5 Å². The molecule has 0 heterocycles. The van der Waals surface area contributed by atoms with Crippen LogP contribution < -0.4 is 4.72 Å². The first-order valence-electron chi connectivity index (χ1n) is 3.75. The first kappa shape index (κ1) is 11.2. The third-order valence-corrected chi connectivity index (χ3v) is 2.19. The lowest BCUT2D eigenvalue weighted by atomic mass is 10.2. The number of carbonyl (C=O) groups excluding carboxylic acids is 1. The molecule has 0 fully saturated rings. The molecule has 4 nitrogen and oxygen atoms in total. The molecule has 0 rings (SSSR count). The topological polar surface area (TPSA) is 63.2 Å². The Bertz CT molecular complexity index is 243. The number of hydrogen-bond donors (Lipinski definition) is 1. The summed E-state index contributed by atoms with van der Waals surface area (Å²) in [5.41, 5.74) is 0. The van der Waals surface area contributed by atoms with E-state index in [2.05, 4.69) is 0 Å². The Morgan fingerprint density at radius 2 is 2.08 bits per heavy atom. The summed E-state index contributed by atoms with van der Waals surface area (Å²) in [5, 5.41) is 1.01. The zero-order valence-corrected chi connectivity index (χ0v) is 7.80. The van der Waals surface area contributed by atoms with Crippen LogP contribution in [0.15, 0.2) is 11.5 Å². The maximum absolute atomic E-state index is 10.8. The van der Waals surface area contributed by atoms with Crippen LogP contribution in [0.4, 0.5) is 0 Å². The van der Waals surface area contributed by atoms with E-state index in [1.54, 1.807) is 4.72 Å². The fraction of sp³-hybridized carbons (Fsp3) is 0.571. The maximum atomic E-state index is 10.8. The van der Waals surface area contributed by atoms with Gasteiger partial charge < -0.3 is 0 Å². The van der Waals surface area contributed by atoms with Crippen LogP contribution in [0.1, 0.15) is 26.2 Å². The van der Waals surface area contributed by atoms with Crippen LogP contribution in [0, 0.1) is 0 Å². The number of hydrogen-bond acceptors (Lipinski definition) is 3. The second kappa shape index (κ2) is 5.77. The van der Waals surface area contributed by atoms with E-state index in [0.29, 0.717) is 0 Å². The molecule has 0 aromatic heterocycles. The van der Waals surface area contributed by atoms with Crippen molar-refractivity contribution < 1.29 is 13.2 Å². The summed E-state index contributed by atoms with van der Waals surface area (Å²) < 4.78 is 23.2. The van der Waals surface area contributed by atoms with E-state index in [-0.39, 0.29) is 6.41 Å². The number of amides is 1. The van der Waals surface area contributed by atoms with Gasteiger partial charge in [0.15, 0.2) is 0 Å². The standard InChI is InChI=1S/C7H13NO3S/c1-2-3-4-5-6-12(10,11)8-7-9/h5-7H,2-4H2,1H3,(H,8,9). The average Bonchev–Trinajstić information content (AvgIpc) is 1.98. The van der Waals surface area contributed by atoms with Crippen molar-refractivity contribution in [3.8, 4) is 0 Å². The van der Waals surface area contributed by atoms with Crippen molar-refractivity contribution in [1.29, 1.82) is 0 Å². The number of nitrogens with one attached hydrogen (secondary N) is 1. The molecule has 5 heteroatoms. The van der Waals surface area contributed by atoms with Crippen molar-refractivity contribution >= 4 is 16.4 Å². The van der Waals surface area contributed by atoms with E-state index in [0.717, 1.165) is 24.7 Å². The molecule has 0 radical (unpaired) electrons. The first-order chi connectivity index (χ1) is 5.62. The minimum absolute atomic E-state index is 0.152. The van der Waals surface area contributed by atoms with Crippen LogP contribution in [0.2, 0.25) is 0 Å². The highest BCUT2D eigenvalue weighted by Crippen LogP contribution is 1.96. The van der Waals surface area contributed by atoms with Gasteiger partial charge in [0.05, 0.1) is 0 Å². The summed E-state index contributed by atoms with van der Waals surface area (Å²) in [7, 11) is -3.51. The molecule has 12 heavy (non-hydrogen) atoms. The van der Waals surface area contributed by atoms with Gasteiger partial charge in [-0.2, -0.15) is 0 Å². The zero-order valence-electron chi connectivity index (χ0n) is 6.99. The number of carbonyl (C=O) groups is 1. The van der Waals surface area contributed by atoms with Crippen LogP contribution in [0.25, 0.3) is 0 Å². The summed E-state index contributed by atoms with van der Waals surface area (Å²) in [6, 6.07) is 0. The number of allylic oxidation sites excluding steroid dienone is 1. The van der Waals surface area contributed by atoms with E-state index in [9.17, 15) is 13.2 Å². The molecule has 0 unspecified atom stereocenters. The summed E-state index contributed by atoms with van der Waals surface area (Å²) in [6.45, 7) is 2.02. The monoisotopic (exact) mass is 191 g/mol. The second-order valence-electron chi connectivity index (χ2n) is 2.29. The molecule has 1 amide bonds. The number of unbranched alkanes of at least 4 members (excludes halogenated alkanes) is 2. The molecule has 0 aromatic carbocycles.